The van der Waals surface area contributed by atoms with Crippen LogP contribution < -0.4 is 0 Å². The molecule has 0 saturated heterocycles. The number of nitrogens with zero attached hydrogens (tertiary/aromatic N) is 1. The molecule has 0 N–H and O–H groups in total. The third-order valence-electron chi connectivity index (χ3n) is 3.08. The molecule has 0 aliphatic heterocycles. The van der Waals surface area contributed by atoms with E-state index in [1.807, 2.05) is 11.3 Å². The van der Waals surface area contributed by atoms with E-state index in [9.17, 15) is 0 Å². The number of hydrogen-bond acceptors (Lipinski definition) is 1. The molecular weight excluding hydrogens is 294 g/mol. The van der Waals surface area contributed by atoms with Gasteiger partial charge in [-0.2, -0.15) is 0 Å². The molecule has 82 valence electrons. The lowest BCUT2D eigenvalue weighted by Crippen LogP contribution is -1.79. The monoisotopic (exact) mass is 301 g/mol. The van der Waals surface area contributed by atoms with Crippen LogP contribution in [-0.4, -0.2) is 4.40 Å². The van der Waals surface area contributed by atoms with Crippen molar-refractivity contribution in [3.63, 3.8) is 0 Å². The standard InChI is InChI=1S/C14H8BrNS/c15-10-4-3-6-11-9(10)8-14-16(11)12-5-1-2-7-13(12)17-14/h1-8H. The summed E-state index contributed by atoms with van der Waals surface area (Å²) in [5.74, 6) is 0. The lowest BCUT2D eigenvalue weighted by atomic mass is 10.2. The van der Waals surface area contributed by atoms with Gasteiger partial charge in [-0.3, -0.25) is 4.40 Å². The quantitative estimate of drug-likeness (QED) is 0.427. The van der Waals surface area contributed by atoms with Gasteiger partial charge in [0.25, 0.3) is 0 Å². The average Bonchev–Trinajstić information content (AvgIpc) is 2.85. The van der Waals surface area contributed by atoms with Crippen LogP contribution in [0.15, 0.2) is 53.0 Å². The first-order chi connectivity index (χ1) is 8.34. The number of hydrogen-bond donors (Lipinski definition) is 0. The summed E-state index contributed by atoms with van der Waals surface area (Å²) in [5.41, 5.74) is 2.56. The molecule has 2 heterocycles. The Kier molecular flexibility index (Phi) is 1.90. The van der Waals surface area contributed by atoms with E-state index in [-0.39, 0.29) is 0 Å². The maximum Gasteiger partial charge on any atom is 0.101 e. The second kappa shape index (κ2) is 3.34. The van der Waals surface area contributed by atoms with Crippen molar-refractivity contribution in [1.82, 2.24) is 4.40 Å². The highest BCUT2D eigenvalue weighted by Crippen LogP contribution is 2.34. The van der Waals surface area contributed by atoms with Crippen LogP contribution in [-0.2, 0) is 0 Å². The predicted octanol–water partition coefficient (Wildman–Crippen LogP) is 5.07. The Morgan fingerprint density at radius 2 is 1.76 bits per heavy atom. The van der Waals surface area contributed by atoms with Crippen molar-refractivity contribution < 1.29 is 0 Å². The molecule has 0 saturated carbocycles. The molecule has 3 heteroatoms. The maximum absolute atomic E-state index is 3.61. The van der Waals surface area contributed by atoms with Crippen LogP contribution in [0.2, 0.25) is 0 Å². The molecule has 0 amide bonds. The second-order valence-electron chi connectivity index (χ2n) is 4.06. The zero-order valence-corrected chi connectivity index (χ0v) is 11.3. The summed E-state index contributed by atoms with van der Waals surface area (Å²) < 4.78 is 4.83. The first-order valence-electron chi connectivity index (χ1n) is 5.42. The smallest absolute Gasteiger partial charge is 0.101 e. The van der Waals surface area contributed by atoms with Gasteiger partial charge in [0.15, 0.2) is 0 Å². The number of halogens is 1. The molecule has 2 aromatic heterocycles. The highest BCUT2D eigenvalue weighted by molar-refractivity contribution is 9.10. The number of aromatic nitrogens is 1. The third-order valence-corrected chi connectivity index (χ3v) is 4.85. The van der Waals surface area contributed by atoms with Crippen molar-refractivity contribution in [3.05, 3.63) is 53.0 Å². The van der Waals surface area contributed by atoms with Crippen molar-refractivity contribution in [2.45, 2.75) is 0 Å². The first-order valence-corrected chi connectivity index (χ1v) is 7.03. The van der Waals surface area contributed by atoms with E-state index < -0.39 is 0 Å². The minimum Gasteiger partial charge on any atom is -0.300 e. The van der Waals surface area contributed by atoms with Crippen molar-refractivity contribution in [2.75, 3.05) is 0 Å². The number of thiazole rings is 1. The Balaban J connectivity index is 2.36. The van der Waals surface area contributed by atoms with Crippen molar-refractivity contribution in [1.29, 1.82) is 0 Å². The number of rotatable bonds is 0. The zero-order valence-electron chi connectivity index (χ0n) is 8.85. The fourth-order valence-electron chi connectivity index (χ4n) is 2.33. The molecule has 0 spiro atoms. The molecule has 0 unspecified atom stereocenters. The van der Waals surface area contributed by atoms with Crippen LogP contribution in [0.5, 0.6) is 0 Å². The van der Waals surface area contributed by atoms with E-state index in [4.69, 9.17) is 0 Å². The number of fused-ring (bicyclic) bond motifs is 5. The van der Waals surface area contributed by atoms with E-state index in [1.54, 1.807) is 0 Å². The van der Waals surface area contributed by atoms with Gasteiger partial charge in [-0.05, 0) is 30.3 Å². The molecule has 1 nitrogen and oxygen atoms in total. The van der Waals surface area contributed by atoms with Gasteiger partial charge in [0.2, 0.25) is 0 Å². The van der Waals surface area contributed by atoms with Crippen LogP contribution in [0.3, 0.4) is 0 Å². The van der Waals surface area contributed by atoms with Gasteiger partial charge in [0.05, 0.1) is 15.7 Å². The number of benzene rings is 2. The second-order valence-corrected chi connectivity index (χ2v) is 5.98. The fourth-order valence-corrected chi connectivity index (χ4v) is 3.91. The molecular formula is C14H8BrNS. The molecule has 2 aromatic carbocycles. The summed E-state index contributed by atoms with van der Waals surface area (Å²) >= 11 is 5.45. The lowest BCUT2D eigenvalue weighted by Gasteiger charge is -1.96. The maximum atomic E-state index is 3.61. The van der Waals surface area contributed by atoms with E-state index in [1.165, 1.54) is 25.9 Å². The SMILES string of the molecule is Brc1cccc2c1cc1sc3ccccc3n12. The summed E-state index contributed by atoms with van der Waals surface area (Å²) in [7, 11) is 0. The third kappa shape index (κ3) is 1.24. The van der Waals surface area contributed by atoms with Crippen LogP contribution >= 0.6 is 27.3 Å². The van der Waals surface area contributed by atoms with Gasteiger partial charge >= 0.3 is 0 Å². The van der Waals surface area contributed by atoms with Crippen LogP contribution in [0.4, 0.5) is 0 Å². The van der Waals surface area contributed by atoms with Gasteiger partial charge in [0.1, 0.15) is 4.83 Å². The van der Waals surface area contributed by atoms with Crippen molar-refractivity contribution >= 4 is 53.2 Å². The average molecular weight is 302 g/mol. The van der Waals surface area contributed by atoms with Crippen LogP contribution in [0.25, 0.3) is 25.9 Å². The zero-order chi connectivity index (χ0) is 11.4. The predicted molar refractivity (Wildman–Crippen MR) is 78.0 cm³/mol. The highest BCUT2D eigenvalue weighted by Gasteiger charge is 2.10. The molecule has 0 aliphatic rings. The topological polar surface area (TPSA) is 4.41 Å². The van der Waals surface area contributed by atoms with Crippen LogP contribution in [0.1, 0.15) is 0 Å². The van der Waals surface area contributed by atoms with Gasteiger partial charge < -0.3 is 0 Å². The molecule has 17 heavy (non-hydrogen) atoms. The Labute approximate surface area is 110 Å². The molecule has 0 fully saturated rings. The normalized spacial score (nSPS) is 11.8. The Bertz CT molecular complexity index is 856. The highest BCUT2D eigenvalue weighted by atomic mass is 79.9. The van der Waals surface area contributed by atoms with E-state index in [0.717, 1.165) is 4.47 Å². The molecule has 0 radical (unpaired) electrons. The summed E-state index contributed by atoms with van der Waals surface area (Å²) in [4.78, 5) is 1.30. The van der Waals surface area contributed by atoms with E-state index >= 15 is 0 Å². The van der Waals surface area contributed by atoms with E-state index in [0.29, 0.717) is 0 Å². The first kappa shape index (κ1) is 9.68. The van der Waals surface area contributed by atoms with Gasteiger partial charge in [-0.15, -0.1) is 11.3 Å². The molecule has 4 rings (SSSR count). The molecule has 0 bridgehead atoms. The Morgan fingerprint density at radius 1 is 0.941 bits per heavy atom. The van der Waals surface area contributed by atoms with Crippen LogP contribution in [0, 0.1) is 0 Å². The molecule has 4 aromatic rings. The Hall–Kier alpha value is -1.32. The van der Waals surface area contributed by atoms with E-state index in [2.05, 4.69) is 68.9 Å². The summed E-state index contributed by atoms with van der Waals surface area (Å²) in [6, 6.07) is 17.2. The summed E-state index contributed by atoms with van der Waals surface area (Å²) in [6.45, 7) is 0. The summed E-state index contributed by atoms with van der Waals surface area (Å²) in [5, 5.41) is 1.28. The van der Waals surface area contributed by atoms with Gasteiger partial charge in [-0.1, -0.05) is 34.1 Å². The minimum atomic E-state index is 1.16. The minimum absolute atomic E-state index is 1.16. The summed E-state index contributed by atoms with van der Waals surface area (Å²) in [6.07, 6.45) is 0. The van der Waals surface area contributed by atoms with Gasteiger partial charge in [-0.25, -0.2) is 0 Å². The largest absolute Gasteiger partial charge is 0.300 e. The fraction of sp³-hybridized carbons (Fsp3) is 0. The lowest BCUT2D eigenvalue weighted by molar-refractivity contribution is 1.37. The molecule has 0 aliphatic carbocycles. The van der Waals surface area contributed by atoms with Crippen molar-refractivity contribution in [2.24, 2.45) is 0 Å². The number of para-hydroxylation sites is 1. The van der Waals surface area contributed by atoms with Crippen molar-refractivity contribution in [3.8, 4) is 0 Å². The Morgan fingerprint density at radius 3 is 2.71 bits per heavy atom. The van der Waals surface area contributed by atoms with Gasteiger partial charge in [0, 0.05) is 9.86 Å². The molecule has 0 atom stereocenters.